The van der Waals surface area contributed by atoms with Gasteiger partial charge in [0.2, 0.25) is 11.0 Å². The summed E-state index contributed by atoms with van der Waals surface area (Å²) in [6.07, 6.45) is -1.07. The number of hydrogen-bond donors (Lipinski definition) is 1. The maximum absolute atomic E-state index is 12.8. The summed E-state index contributed by atoms with van der Waals surface area (Å²) in [6, 6.07) is 0. The molecular formula is C13H16F3N3OS. The van der Waals surface area contributed by atoms with E-state index in [9.17, 15) is 18.0 Å². The molecule has 2 aliphatic carbocycles. The highest BCUT2D eigenvalue weighted by molar-refractivity contribution is 7.15. The van der Waals surface area contributed by atoms with E-state index in [0.29, 0.717) is 23.9 Å². The zero-order chi connectivity index (χ0) is 15.0. The second-order valence-electron chi connectivity index (χ2n) is 5.81. The van der Waals surface area contributed by atoms with Crippen molar-refractivity contribution < 1.29 is 18.0 Å². The summed E-state index contributed by atoms with van der Waals surface area (Å²) in [5.74, 6) is -1.85. The molecule has 2 atom stereocenters. The number of anilines is 1. The molecule has 8 heteroatoms. The molecule has 0 saturated heterocycles. The van der Waals surface area contributed by atoms with Crippen molar-refractivity contribution in [3.63, 3.8) is 0 Å². The van der Waals surface area contributed by atoms with Crippen LogP contribution < -0.4 is 5.32 Å². The SMILES string of the molecule is O=C(Nc1nnc(C2CC2)s1)[C@H]1CCC[C@@H](C(F)(F)F)C1. The first kappa shape index (κ1) is 14.7. The molecule has 2 aliphatic rings. The molecule has 0 bridgehead atoms. The van der Waals surface area contributed by atoms with E-state index in [1.807, 2.05) is 0 Å². The van der Waals surface area contributed by atoms with Crippen LogP contribution in [0.15, 0.2) is 0 Å². The Labute approximate surface area is 124 Å². The lowest BCUT2D eigenvalue weighted by Gasteiger charge is -2.29. The van der Waals surface area contributed by atoms with Crippen molar-refractivity contribution >= 4 is 22.4 Å². The summed E-state index contributed by atoms with van der Waals surface area (Å²) in [6.45, 7) is 0. The molecule has 2 fully saturated rings. The van der Waals surface area contributed by atoms with Gasteiger partial charge in [0.05, 0.1) is 5.92 Å². The van der Waals surface area contributed by atoms with Crippen molar-refractivity contribution in [1.82, 2.24) is 10.2 Å². The molecule has 1 heterocycles. The second kappa shape index (κ2) is 5.55. The number of alkyl halides is 3. The highest BCUT2D eigenvalue weighted by Gasteiger charge is 2.43. The molecule has 0 aliphatic heterocycles. The van der Waals surface area contributed by atoms with E-state index < -0.39 is 18.0 Å². The zero-order valence-corrected chi connectivity index (χ0v) is 12.1. The molecule has 0 unspecified atom stereocenters. The van der Waals surface area contributed by atoms with Crippen LogP contribution in [0.4, 0.5) is 18.3 Å². The molecule has 1 N–H and O–H groups in total. The number of carbonyl (C=O) groups excluding carboxylic acids is 1. The Balaban J connectivity index is 1.58. The minimum atomic E-state index is -4.21. The Kier molecular flexibility index (Phi) is 3.90. The lowest BCUT2D eigenvalue weighted by Crippen LogP contribution is -2.34. The van der Waals surface area contributed by atoms with Gasteiger partial charge in [-0.3, -0.25) is 4.79 Å². The summed E-state index contributed by atoms with van der Waals surface area (Å²) in [7, 11) is 0. The summed E-state index contributed by atoms with van der Waals surface area (Å²) in [5, 5.41) is 11.8. The third-order valence-electron chi connectivity index (χ3n) is 4.11. The predicted molar refractivity (Wildman–Crippen MR) is 72.0 cm³/mol. The van der Waals surface area contributed by atoms with E-state index in [-0.39, 0.29) is 18.7 Å². The van der Waals surface area contributed by atoms with Gasteiger partial charge in [0.25, 0.3) is 0 Å². The summed E-state index contributed by atoms with van der Waals surface area (Å²) >= 11 is 1.33. The van der Waals surface area contributed by atoms with Gasteiger partial charge in [-0.1, -0.05) is 17.8 Å². The highest BCUT2D eigenvalue weighted by atomic mass is 32.1. The van der Waals surface area contributed by atoms with Crippen LogP contribution in [-0.4, -0.2) is 22.3 Å². The van der Waals surface area contributed by atoms with Gasteiger partial charge in [-0.2, -0.15) is 13.2 Å². The molecule has 2 saturated carbocycles. The van der Waals surface area contributed by atoms with Crippen LogP contribution in [0, 0.1) is 11.8 Å². The monoisotopic (exact) mass is 319 g/mol. The number of nitrogens with zero attached hydrogens (tertiary/aromatic N) is 2. The molecule has 0 spiro atoms. The maximum Gasteiger partial charge on any atom is 0.391 e. The lowest BCUT2D eigenvalue weighted by molar-refractivity contribution is -0.185. The van der Waals surface area contributed by atoms with Gasteiger partial charge >= 0.3 is 6.18 Å². The van der Waals surface area contributed by atoms with Gasteiger partial charge < -0.3 is 5.32 Å². The van der Waals surface area contributed by atoms with Gasteiger partial charge in [-0.25, -0.2) is 0 Å². The molecule has 116 valence electrons. The van der Waals surface area contributed by atoms with Gasteiger partial charge in [0.15, 0.2) is 0 Å². The van der Waals surface area contributed by atoms with E-state index in [0.717, 1.165) is 17.8 Å². The lowest BCUT2D eigenvalue weighted by atomic mass is 9.80. The number of amides is 1. The standard InChI is InChI=1S/C13H16F3N3OS/c14-13(15,16)9-3-1-2-8(6-9)10(20)17-12-19-18-11(21-12)7-4-5-7/h7-9H,1-6H2,(H,17,19,20)/t8-,9+/m0/s1. The Morgan fingerprint density at radius 1 is 1.19 bits per heavy atom. The van der Waals surface area contributed by atoms with Crippen molar-refractivity contribution in [2.45, 2.75) is 50.6 Å². The normalized spacial score (nSPS) is 26.6. The predicted octanol–water partition coefficient (Wildman–Crippen LogP) is 3.72. The topological polar surface area (TPSA) is 54.9 Å². The average Bonchev–Trinajstić information content (AvgIpc) is 3.19. The molecule has 1 amide bonds. The molecule has 1 aromatic heterocycles. The first-order valence-electron chi connectivity index (χ1n) is 7.14. The largest absolute Gasteiger partial charge is 0.391 e. The van der Waals surface area contributed by atoms with Crippen LogP contribution in [-0.2, 0) is 4.79 Å². The Hall–Kier alpha value is -1.18. The molecule has 21 heavy (non-hydrogen) atoms. The fraction of sp³-hybridized carbons (Fsp3) is 0.769. The van der Waals surface area contributed by atoms with Crippen LogP contribution in [0.3, 0.4) is 0 Å². The van der Waals surface area contributed by atoms with Crippen LogP contribution in [0.5, 0.6) is 0 Å². The second-order valence-corrected chi connectivity index (χ2v) is 6.82. The van der Waals surface area contributed by atoms with E-state index in [1.54, 1.807) is 0 Å². The Morgan fingerprint density at radius 3 is 2.62 bits per heavy atom. The number of rotatable bonds is 3. The van der Waals surface area contributed by atoms with Crippen molar-refractivity contribution in [3.05, 3.63) is 5.01 Å². The van der Waals surface area contributed by atoms with Gasteiger partial charge in [-0.05, 0) is 32.1 Å². The van der Waals surface area contributed by atoms with Crippen LogP contribution in [0.2, 0.25) is 0 Å². The average molecular weight is 319 g/mol. The summed E-state index contributed by atoms with van der Waals surface area (Å²) in [5.41, 5.74) is 0. The molecule has 3 rings (SSSR count). The van der Waals surface area contributed by atoms with E-state index in [1.165, 1.54) is 11.3 Å². The maximum atomic E-state index is 12.8. The van der Waals surface area contributed by atoms with Gasteiger partial charge in [0, 0.05) is 11.8 Å². The highest BCUT2D eigenvalue weighted by Crippen LogP contribution is 2.43. The zero-order valence-electron chi connectivity index (χ0n) is 11.3. The molecule has 1 aromatic rings. The van der Waals surface area contributed by atoms with Gasteiger partial charge in [0.1, 0.15) is 5.01 Å². The fourth-order valence-electron chi connectivity index (χ4n) is 2.71. The van der Waals surface area contributed by atoms with E-state index in [4.69, 9.17) is 0 Å². The number of nitrogens with one attached hydrogen (secondary N) is 1. The smallest absolute Gasteiger partial charge is 0.300 e. The molecule has 0 radical (unpaired) electrons. The quantitative estimate of drug-likeness (QED) is 0.924. The Morgan fingerprint density at radius 2 is 1.95 bits per heavy atom. The van der Waals surface area contributed by atoms with Gasteiger partial charge in [-0.15, -0.1) is 10.2 Å². The number of aromatic nitrogens is 2. The fourth-order valence-corrected chi connectivity index (χ4v) is 3.63. The summed E-state index contributed by atoms with van der Waals surface area (Å²) in [4.78, 5) is 12.1. The first-order chi connectivity index (χ1) is 9.93. The van der Waals surface area contributed by atoms with Crippen molar-refractivity contribution in [3.8, 4) is 0 Å². The van der Waals surface area contributed by atoms with E-state index in [2.05, 4.69) is 15.5 Å². The minimum absolute atomic E-state index is 0.121. The van der Waals surface area contributed by atoms with Crippen molar-refractivity contribution in [2.75, 3.05) is 5.32 Å². The minimum Gasteiger partial charge on any atom is -0.300 e. The number of hydrogen-bond acceptors (Lipinski definition) is 4. The van der Waals surface area contributed by atoms with Crippen molar-refractivity contribution in [2.24, 2.45) is 11.8 Å². The molecular weight excluding hydrogens is 303 g/mol. The molecule has 4 nitrogen and oxygen atoms in total. The van der Waals surface area contributed by atoms with Crippen LogP contribution in [0.1, 0.15) is 49.5 Å². The van der Waals surface area contributed by atoms with Crippen LogP contribution in [0.25, 0.3) is 0 Å². The van der Waals surface area contributed by atoms with Crippen molar-refractivity contribution in [1.29, 1.82) is 0 Å². The first-order valence-corrected chi connectivity index (χ1v) is 7.96. The molecule has 0 aromatic carbocycles. The third kappa shape index (κ3) is 3.53. The number of carbonyl (C=O) groups is 1. The number of halogens is 3. The Bertz CT molecular complexity index is 527. The summed E-state index contributed by atoms with van der Waals surface area (Å²) < 4.78 is 38.3. The third-order valence-corrected chi connectivity index (χ3v) is 5.11. The van der Waals surface area contributed by atoms with E-state index >= 15 is 0 Å². The van der Waals surface area contributed by atoms with Crippen LogP contribution >= 0.6 is 11.3 Å².